The molecule has 26 heavy (non-hydrogen) atoms. The lowest BCUT2D eigenvalue weighted by atomic mass is 9.94. The molecule has 0 saturated carbocycles. The highest BCUT2D eigenvalue weighted by Crippen LogP contribution is 2.24. The Morgan fingerprint density at radius 3 is 2.62 bits per heavy atom. The minimum absolute atomic E-state index is 0.108. The Labute approximate surface area is 149 Å². The quantitative estimate of drug-likeness (QED) is 0.852. The van der Waals surface area contributed by atoms with E-state index in [1.807, 2.05) is 24.3 Å². The third kappa shape index (κ3) is 3.88. The van der Waals surface area contributed by atoms with Crippen molar-refractivity contribution in [2.24, 2.45) is 0 Å². The van der Waals surface area contributed by atoms with Crippen molar-refractivity contribution < 1.29 is 23.1 Å². The first-order valence-electron chi connectivity index (χ1n) is 8.11. The molecule has 0 aliphatic carbocycles. The number of halogens is 2. The largest absolute Gasteiger partial charge is 0.468 e. The molecule has 0 radical (unpaired) electrons. The normalized spacial score (nSPS) is 16.7. The van der Waals surface area contributed by atoms with Gasteiger partial charge in [0, 0.05) is 12.6 Å². The van der Waals surface area contributed by atoms with Crippen LogP contribution in [0.1, 0.15) is 11.1 Å². The Kier molecular flexibility index (Phi) is 5.27. The van der Waals surface area contributed by atoms with Gasteiger partial charge < -0.3 is 10.1 Å². The van der Waals surface area contributed by atoms with E-state index in [2.05, 4.69) is 5.32 Å². The van der Waals surface area contributed by atoms with Crippen LogP contribution in [0.3, 0.4) is 0 Å². The number of ether oxygens (including phenoxy) is 1. The summed E-state index contributed by atoms with van der Waals surface area (Å²) >= 11 is 0. The van der Waals surface area contributed by atoms with Crippen molar-refractivity contribution >= 4 is 17.6 Å². The standard InChI is InChI=1S/C19H18F2N2O3/c1-26-19(25)17-8-12-4-2-3-5-13(12)10-23(17)11-18(24)22-16-7-6-14(20)9-15(16)21/h2-7,9,17H,8,10-11H2,1H3,(H,22,24)/t17-/m0/s1. The molecule has 1 amide bonds. The molecule has 1 aliphatic rings. The van der Waals surface area contributed by atoms with Gasteiger partial charge in [-0.2, -0.15) is 0 Å². The molecule has 0 saturated heterocycles. The third-order valence-corrected chi connectivity index (χ3v) is 4.37. The molecular formula is C19H18F2N2O3. The summed E-state index contributed by atoms with van der Waals surface area (Å²) in [6.07, 6.45) is 0.432. The summed E-state index contributed by atoms with van der Waals surface area (Å²) in [6, 6.07) is 9.99. The zero-order chi connectivity index (χ0) is 18.7. The summed E-state index contributed by atoms with van der Waals surface area (Å²) in [4.78, 5) is 26.1. The van der Waals surface area contributed by atoms with Gasteiger partial charge in [-0.1, -0.05) is 24.3 Å². The summed E-state index contributed by atoms with van der Waals surface area (Å²) in [6.45, 7) is 0.278. The zero-order valence-corrected chi connectivity index (χ0v) is 14.2. The number of methoxy groups -OCH3 is 1. The maximum Gasteiger partial charge on any atom is 0.323 e. The first kappa shape index (κ1) is 18.0. The van der Waals surface area contributed by atoms with Gasteiger partial charge in [0.25, 0.3) is 0 Å². The predicted molar refractivity (Wildman–Crippen MR) is 91.3 cm³/mol. The number of amides is 1. The SMILES string of the molecule is COC(=O)[C@@H]1Cc2ccccc2CN1CC(=O)Nc1ccc(F)cc1F. The second-order valence-corrected chi connectivity index (χ2v) is 6.09. The summed E-state index contributed by atoms with van der Waals surface area (Å²) in [5.74, 6) is -2.50. The fraction of sp³-hybridized carbons (Fsp3) is 0.263. The molecule has 0 spiro atoms. The summed E-state index contributed by atoms with van der Waals surface area (Å²) in [5, 5.41) is 2.41. The molecule has 0 bridgehead atoms. The van der Waals surface area contributed by atoms with Gasteiger partial charge in [-0.15, -0.1) is 0 Å². The van der Waals surface area contributed by atoms with E-state index in [1.165, 1.54) is 7.11 Å². The van der Waals surface area contributed by atoms with Crippen LogP contribution in [0.4, 0.5) is 14.5 Å². The number of nitrogens with zero attached hydrogens (tertiary/aromatic N) is 1. The molecule has 136 valence electrons. The topological polar surface area (TPSA) is 58.6 Å². The Morgan fingerprint density at radius 2 is 1.92 bits per heavy atom. The highest BCUT2D eigenvalue weighted by atomic mass is 19.1. The van der Waals surface area contributed by atoms with E-state index in [-0.39, 0.29) is 12.2 Å². The molecule has 7 heteroatoms. The molecule has 0 unspecified atom stereocenters. The van der Waals surface area contributed by atoms with Gasteiger partial charge in [-0.3, -0.25) is 14.5 Å². The van der Waals surface area contributed by atoms with Crippen molar-refractivity contribution in [3.63, 3.8) is 0 Å². The summed E-state index contributed by atoms with van der Waals surface area (Å²) in [7, 11) is 1.30. The fourth-order valence-corrected chi connectivity index (χ4v) is 3.08. The van der Waals surface area contributed by atoms with E-state index >= 15 is 0 Å². The highest BCUT2D eigenvalue weighted by molar-refractivity contribution is 5.92. The van der Waals surface area contributed by atoms with Crippen LogP contribution in [0, 0.1) is 11.6 Å². The lowest BCUT2D eigenvalue weighted by molar-refractivity contribution is -0.148. The van der Waals surface area contributed by atoms with Gasteiger partial charge in [0.15, 0.2) is 0 Å². The number of carbonyl (C=O) groups is 2. The Hall–Kier alpha value is -2.80. The van der Waals surface area contributed by atoms with Crippen LogP contribution in [-0.2, 0) is 27.3 Å². The van der Waals surface area contributed by atoms with Gasteiger partial charge in [-0.25, -0.2) is 8.78 Å². The zero-order valence-electron chi connectivity index (χ0n) is 14.2. The number of hydrogen-bond acceptors (Lipinski definition) is 4. The second-order valence-electron chi connectivity index (χ2n) is 6.09. The molecule has 0 fully saturated rings. The maximum absolute atomic E-state index is 13.7. The van der Waals surface area contributed by atoms with Crippen molar-refractivity contribution in [2.45, 2.75) is 19.0 Å². The molecule has 3 rings (SSSR count). The molecule has 1 N–H and O–H groups in total. The minimum Gasteiger partial charge on any atom is -0.468 e. The number of carbonyl (C=O) groups excluding carboxylic acids is 2. The fourth-order valence-electron chi connectivity index (χ4n) is 3.08. The van der Waals surface area contributed by atoms with Crippen molar-refractivity contribution in [2.75, 3.05) is 19.0 Å². The number of esters is 1. The van der Waals surface area contributed by atoms with E-state index in [0.29, 0.717) is 19.0 Å². The Bertz CT molecular complexity index is 841. The number of anilines is 1. The molecule has 0 aromatic heterocycles. The Balaban J connectivity index is 1.75. The van der Waals surface area contributed by atoms with E-state index in [0.717, 1.165) is 23.3 Å². The van der Waals surface area contributed by atoms with Gasteiger partial charge in [-0.05, 0) is 29.7 Å². The Morgan fingerprint density at radius 1 is 1.19 bits per heavy atom. The average molecular weight is 360 g/mol. The molecular weight excluding hydrogens is 342 g/mol. The van der Waals surface area contributed by atoms with Crippen LogP contribution in [0.5, 0.6) is 0 Å². The van der Waals surface area contributed by atoms with Crippen molar-refractivity contribution in [3.05, 3.63) is 65.2 Å². The summed E-state index contributed by atoms with van der Waals surface area (Å²) < 4.78 is 31.5. The molecule has 1 atom stereocenters. The van der Waals surface area contributed by atoms with E-state index in [9.17, 15) is 18.4 Å². The number of rotatable bonds is 4. The smallest absolute Gasteiger partial charge is 0.323 e. The second kappa shape index (κ2) is 7.61. The van der Waals surface area contributed by atoms with E-state index in [1.54, 1.807) is 4.90 Å². The van der Waals surface area contributed by atoms with Crippen molar-refractivity contribution in [3.8, 4) is 0 Å². The van der Waals surface area contributed by atoms with Gasteiger partial charge >= 0.3 is 5.97 Å². The predicted octanol–water partition coefficient (Wildman–Crippen LogP) is 2.50. The molecule has 2 aromatic carbocycles. The van der Waals surface area contributed by atoms with Crippen LogP contribution >= 0.6 is 0 Å². The number of nitrogens with one attached hydrogen (secondary N) is 1. The minimum atomic E-state index is -0.855. The first-order chi connectivity index (χ1) is 12.5. The average Bonchev–Trinajstić information content (AvgIpc) is 2.63. The lowest BCUT2D eigenvalue weighted by Gasteiger charge is -2.34. The molecule has 5 nitrogen and oxygen atoms in total. The van der Waals surface area contributed by atoms with E-state index < -0.39 is 29.6 Å². The van der Waals surface area contributed by atoms with Crippen molar-refractivity contribution in [1.29, 1.82) is 0 Å². The monoisotopic (exact) mass is 360 g/mol. The number of hydrogen-bond donors (Lipinski definition) is 1. The molecule has 2 aromatic rings. The summed E-state index contributed by atoms with van der Waals surface area (Å²) in [5.41, 5.74) is 1.95. The van der Waals surface area contributed by atoms with Crippen LogP contribution in [0.25, 0.3) is 0 Å². The lowest BCUT2D eigenvalue weighted by Crippen LogP contribution is -2.49. The van der Waals surface area contributed by atoms with Crippen LogP contribution in [0.15, 0.2) is 42.5 Å². The number of benzene rings is 2. The van der Waals surface area contributed by atoms with Gasteiger partial charge in [0.1, 0.15) is 17.7 Å². The first-order valence-corrected chi connectivity index (χ1v) is 8.11. The van der Waals surface area contributed by atoms with Gasteiger partial charge in [0.2, 0.25) is 5.91 Å². The number of fused-ring (bicyclic) bond motifs is 1. The van der Waals surface area contributed by atoms with Crippen LogP contribution < -0.4 is 5.32 Å². The van der Waals surface area contributed by atoms with Crippen molar-refractivity contribution in [1.82, 2.24) is 4.90 Å². The molecule has 1 heterocycles. The van der Waals surface area contributed by atoms with Crippen LogP contribution in [-0.4, -0.2) is 36.5 Å². The van der Waals surface area contributed by atoms with Crippen LogP contribution in [0.2, 0.25) is 0 Å². The highest BCUT2D eigenvalue weighted by Gasteiger charge is 2.33. The van der Waals surface area contributed by atoms with E-state index in [4.69, 9.17) is 4.74 Å². The van der Waals surface area contributed by atoms with Gasteiger partial charge in [0.05, 0.1) is 19.3 Å². The maximum atomic E-state index is 13.7. The molecule has 1 aliphatic heterocycles. The third-order valence-electron chi connectivity index (χ3n) is 4.37.